The number of carbonyl (C=O) groups excluding carboxylic acids is 1. The number of aryl methyl sites for hydroxylation is 1. The zero-order valence-corrected chi connectivity index (χ0v) is 19.0. The molecular formula is C23H24FN3O2S2. The Bertz CT molecular complexity index is 1210. The second kappa shape index (κ2) is 8.39. The largest absolute Gasteiger partial charge is 0.342 e. The van der Waals surface area contributed by atoms with Crippen LogP contribution >= 0.6 is 23.1 Å². The van der Waals surface area contributed by atoms with E-state index < -0.39 is 5.82 Å². The monoisotopic (exact) mass is 457 g/mol. The van der Waals surface area contributed by atoms with E-state index in [0.29, 0.717) is 21.3 Å². The first kappa shape index (κ1) is 20.7. The van der Waals surface area contributed by atoms with E-state index in [9.17, 15) is 14.0 Å². The number of likely N-dealkylation sites (tertiary alicyclic amines) is 1. The summed E-state index contributed by atoms with van der Waals surface area (Å²) >= 11 is 2.79. The quantitative estimate of drug-likeness (QED) is 0.430. The summed E-state index contributed by atoms with van der Waals surface area (Å²) in [6.07, 6.45) is 4.90. The maximum absolute atomic E-state index is 14.7. The molecule has 31 heavy (non-hydrogen) atoms. The van der Waals surface area contributed by atoms with Crippen LogP contribution in [0.3, 0.4) is 0 Å². The normalized spacial score (nSPS) is 18.5. The molecule has 1 amide bonds. The van der Waals surface area contributed by atoms with E-state index in [1.54, 1.807) is 29.5 Å². The lowest BCUT2D eigenvalue weighted by Crippen LogP contribution is -2.30. The van der Waals surface area contributed by atoms with Crippen LogP contribution in [-0.4, -0.2) is 39.2 Å². The summed E-state index contributed by atoms with van der Waals surface area (Å²) in [7, 11) is 0. The number of aromatic nitrogens is 2. The highest BCUT2D eigenvalue weighted by molar-refractivity contribution is 7.99. The Morgan fingerprint density at radius 2 is 2.06 bits per heavy atom. The van der Waals surface area contributed by atoms with Gasteiger partial charge in [-0.05, 0) is 55.7 Å². The third-order valence-electron chi connectivity index (χ3n) is 6.18. The summed E-state index contributed by atoms with van der Waals surface area (Å²) in [6.45, 7) is 3.78. The summed E-state index contributed by atoms with van der Waals surface area (Å²) in [5.74, 6) is 0.336. The molecule has 0 saturated carbocycles. The molecule has 2 aliphatic rings. The average molecular weight is 458 g/mol. The first-order valence-corrected chi connectivity index (χ1v) is 12.6. The molecule has 1 aliphatic heterocycles. The van der Waals surface area contributed by atoms with Crippen LogP contribution in [0.25, 0.3) is 15.9 Å². The summed E-state index contributed by atoms with van der Waals surface area (Å²) in [5, 5.41) is 0.993. The average Bonchev–Trinajstić information content (AvgIpc) is 3.40. The number of halogens is 1. The van der Waals surface area contributed by atoms with Crippen molar-refractivity contribution in [2.45, 2.75) is 44.2 Å². The van der Waals surface area contributed by atoms with Gasteiger partial charge in [-0.3, -0.25) is 14.2 Å². The number of thioether (sulfide) groups is 1. The van der Waals surface area contributed by atoms with Crippen molar-refractivity contribution in [3.8, 4) is 5.69 Å². The molecular weight excluding hydrogens is 433 g/mol. The molecule has 162 valence electrons. The van der Waals surface area contributed by atoms with E-state index in [-0.39, 0.29) is 22.9 Å². The lowest BCUT2D eigenvalue weighted by atomic mass is 9.89. The van der Waals surface area contributed by atoms with E-state index >= 15 is 0 Å². The number of fused-ring (bicyclic) bond motifs is 3. The zero-order chi connectivity index (χ0) is 21.5. The Morgan fingerprint density at radius 1 is 1.29 bits per heavy atom. The first-order valence-electron chi connectivity index (χ1n) is 10.8. The van der Waals surface area contributed by atoms with Crippen molar-refractivity contribution < 1.29 is 9.18 Å². The third-order valence-corrected chi connectivity index (χ3v) is 8.25. The minimum Gasteiger partial charge on any atom is -0.342 e. The standard InChI is InChI=1S/C23H24FN3O2S2/c1-14-8-9-15-18(12-14)31-21-20(15)22(29)27(17-7-3-2-6-16(17)24)23(25-21)30-13-19(28)26-10-4-5-11-26/h2-3,6-7,14H,4-5,8-13H2,1H3. The van der Waals surface area contributed by atoms with Gasteiger partial charge in [0.1, 0.15) is 10.6 Å². The van der Waals surface area contributed by atoms with E-state index in [1.807, 2.05) is 4.90 Å². The number of hydrogen-bond acceptors (Lipinski definition) is 5. The van der Waals surface area contributed by atoms with Gasteiger partial charge in [-0.15, -0.1) is 11.3 Å². The Hall–Kier alpha value is -2.19. The van der Waals surface area contributed by atoms with E-state index in [2.05, 4.69) is 6.92 Å². The van der Waals surface area contributed by atoms with Gasteiger partial charge in [0.15, 0.2) is 5.16 Å². The number of rotatable bonds is 4. The highest BCUT2D eigenvalue weighted by Gasteiger charge is 2.26. The first-order chi connectivity index (χ1) is 15.0. The summed E-state index contributed by atoms with van der Waals surface area (Å²) < 4.78 is 16.1. The Morgan fingerprint density at radius 3 is 2.84 bits per heavy atom. The van der Waals surface area contributed by atoms with Gasteiger partial charge in [0, 0.05) is 18.0 Å². The smallest absolute Gasteiger partial charge is 0.267 e. The fourth-order valence-electron chi connectivity index (χ4n) is 4.50. The molecule has 0 spiro atoms. The lowest BCUT2D eigenvalue weighted by Gasteiger charge is -2.18. The maximum Gasteiger partial charge on any atom is 0.267 e. The number of carbonyl (C=O) groups is 1. The summed E-state index contributed by atoms with van der Waals surface area (Å²) in [6, 6.07) is 6.26. The molecule has 1 fully saturated rings. The molecule has 0 N–H and O–H groups in total. The van der Waals surface area contributed by atoms with Crippen molar-refractivity contribution in [3.63, 3.8) is 0 Å². The van der Waals surface area contributed by atoms with Crippen molar-refractivity contribution in [2.24, 2.45) is 5.92 Å². The maximum atomic E-state index is 14.7. The Labute approximate surface area is 188 Å². The van der Waals surface area contributed by atoms with Crippen LogP contribution in [-0.2, 0) is 17.6 Å². The molecule has 0 bridgehead atoms. The van der Waals surface area contributed by atoms with Crippen molar-refractivity contribution in [1.29, 1.82) is 0 Å². The second-order valence-electron chi connectivity index (χ2n) is 8.39. The van der Waals surface area contributed by atoms with Gasteiger partial charge in [-0.2, -0.15) is 0 Å². The van der Waals surface area contributed by atoms with Gasteiger partial charge in [-0.25, -0.2) is 9.37 Å². The van der Waals surface area contributed by atoms with Crippen LogP contribution in [0.2, 0.25) is 0 Å². The molecule has 1 aromatic carbocycles. The summed E-state index contributed by atoms with van der Waals surface area (Å²) in [4.78, 5) is 34.8. The highest BCUT2D eigenvalue weighted by atomic mass is 32.2. The molecule has 8 heteroatoms. The van der Waals surface area contributed by atoms with Gasteiger partial charge in [0.25, 0.3) is 5.56 Å². The molecule has 1 atom stereocenters. The molecule has 1 aliphatic carbocycles. The van der Waals surface area contributed by atoms with Crippen molar-refractivity contribution in [3.05, 3.63) is 50.9 Å². The highest BCUT2D eigenvalue weighted by Crippen LogP contribution is 2.37. The van der Waals surface area contributed by atoms with Crippen LogP contribution in [0.5, 0.6) is 0 Å². The summed E-state index contributed by atoms with van der Waals surface area (Å²) in [5.41, 5.74) is 1.02. The number of amides is 1. The van der Waals surface area contributed by atoms with Gasteiger partial charge in [-0.1, -0.05) is 30.8 Å². The molecule has 5 nitrogen and oxygen atoms in total. The second-order valence-corrected chi connectivity index (χ2v) is 10.4. The molecule has 1 unspecified atom stereocenters. The van der Waals surface area contributed by atoms with Crippen LogP contribution in [0.15, 0.2) is 34.2 Å². The number of thiophene rings is 1. The molecule has 3 aromatic rings. The Kier molecular flexibility index (Phi) is 5.60. The van der Waals surface area contributed by atoms with Crippen molar-refractivity contribution in [2.75, 3.05) is 18.8 Å². The van der Waals surface area contributed by atoms with Crippen LogP contribution < -0.4 is 5.56 Å². The third kappa shape index (κ3) is 3.80. The van der Waals surface area contributed by atoms with Crippen LogP contribution in [0, 0.1) is 11.7 Å². The van der Waals surface area contributed by atoms with Crippen molar-refractivity contribution in [1.82, 2.24) is 14.5 Å². The predicted molar refractivity (Wildman–Crippen MR) is 123 cm³/mol. The SMILES string of the molecule is CC1CCc2c(sc3nc(SCC(=O)N4CCCC4)n(-c4ccccc4F)c(=O)c23)C1. The van der Waals surface area contributed by atoms with Crippen molar-refractivity contribution >= 4 is 39.2 Å². The van der Waals surface area contributed by atoms with Gasteiger partial charge in [0.05, 0.1) is 16.8 Å². The predicted octanol–water partition coefficient (Wildman–Crippen LogP) is 4.43. The number of benzene rings is 1. The molecule has 5 rings (SSSR count). The minimum absolute atomic E-state index is 0.0382. The van der Waals surface area contributed by atoms with Gasteiger partial charge >= 0.3 is 0 Å². The van der Waals surface area contributed by atoms with E-state index in [1.165, 1.54) is 27.3 Å². The van der Waals surface area contributed by atoms with Crippen LogP contribution in [0.4, 0.5) is 4.39 Å². The molecule has 1 saturated heterocycles. The Balaban J connectivity index is 1.62. The van der Waals surface area contributed by atoms with Gasteiger partial charge in [0.2, 0.25) is 5.91 Å². The fourth-order valence-corrected chi connectivity index (χ4v) is 6.83. The van der Waals surface area contributed by atoms with E-state index in [0.717, 1.165) is 50.8 Å². The van der Waals surface area contributed by atoms with Gasteiger partial charge < -0.3 is 4.90 Å². The van der Waals surface area contributed by atoms with Crippen LogP contribution in [0.1, 0.15) is 36.6 Å². The number of hydrogen-bond donors (Lipinski definition) is 0. The topological polar surface area (TPSA) is 55.2 Å². The zero-order valence-electron chi connectivity index (χ0n) is 17.4. The molecule has 3 heterocycles. The lowest BCUT2D eigenvalue weighted by molar-refractivity contribution is -0.127. The number of nitrogens with zero attached hydrogens (tertiary/aromatic N) is 3. The minimum atomic E-state index is -0.476. The fraction of sp³-hybridized carbons (Fsp3) is 0.435. The molecule has 2 aromatic heterocycles. The van der Waals surface area contributed by atoms with E-state index in [4.69, 9.17) is 4.98 Å². The number of para-hydroxylation sites is 1. The molecule has 0 radical (unpaired) electrons.